The van der Waals surface area contributed by atoms with Crippen molar-refractivity contribution in [2.45, 2.75) is 45.7 Å². The van der Waals surface area contributed by atoms with Crippen molar-refractivity contribution in [3.8, 4) is 0 Å². The molecule has 1 aliphatic heterocycles. The maximum atomic E-state index is 14.0. The first-order chi connectivity index (χ1) is 13.9. The van der Waals surface area contributed by atoms with E-state index < -0.39 is 6.09 Å². The molecule has 2 unspecified atom stereocenters. The highest BCUT2D eigenvalue weighted by Crippen LogP contribution is 2.20. The number of halogens is 2. The maximum Gasteiger partial charge on any atom is 0.407 e. The van der Waals surface area contributed by atoms with E-state index in [1.807, 2.05) is 4.90 Å². The summed E-state index contributed by atoms with van der Waals surface area (Å²) in [6, 6.07) is 3.07. The third-order valence-electron chi connectivity index (χ3n) is 4.66. The lowest BCUT2D eigenvalue weighted by atomic mass is 10.0. The van der Waals surface area contributed by atoms with Crippen LogP contribution in [0.4, 0.5) is 15.0 Å². The van der Waals surface area contributed by atoms with Gasteiger partial charge >= 0.3 is 6.09 Å². The van der Waals surface area contributed by atoms with E-state index in [-0.39, 0.29) is 41.9 Å². The van der Waals surface area contributed by atoms with Crippen LogP contribution in [0.5, 0.6) is 0 Å². The van der Waals surface area contributed by atoms with Crippen LogP contribution in [-0.4, -0.2) is 62.4 Å². The molecule has 2 heterocycles. The molecule has 2 atom stereocenters. The van der Waals surface area contributed by atoms with Gasteiger partial charge in [0.25, 0.3) is 0 Å². The fraction of sp³-hybridized carbons (Fsp3) is 0.650. The number of carbonyl (C=O) groups is 1. The summed E-state index contributed by atoms with van der Waals surface area (Å²) in [7, 11) is 1.71. The zero-order chi connectivity index (χ0) is 21.2. The minimum atomic E-state index is -0.410. The lowest BCUT2D eigenvalue weighted by Gasteiger charge is -2.23. The Balaban J connectivity index is 0.00000450. The third kappa shape index (κ3) is 8.49. The average molecular weight is 536 g/mol. The summed E-state index contributed by atoms with van der Waals surface area (Å²) in [5, 5.41) is 9.54. The number of amides is 1. The van der Waals surface area contributed by atoms with Gasteiger partial charge in [-0.15, -0.1) is 24.0 Å². The van der Waals surface area contributed by atoms with Crippen LogP contribution in [0.1, 0.15) is 33.6 Å². The van der Waals surface area contributed by atoms with Crippen LogP contribution in [0, 0.1) is 11.7 Å². The summed E-state index contributed by atoms with van der Waals surface area (Å²) < 4.78 is 19.0. The van der Waals surface area contributed by atoms with E-state index in [1.54, 1.807) is 26.2 Å². The second-order valence-electron chi connectivity index (χ2n) is 7.53. The number of hydrogen-bond donors (Lipinski definition) is 3. The number of pyridine rings is 1. The first-order valence-electron chi connectivity index (χ1n) is 10.2. The van der Waals surface area contributed by atoms with Crippen LogP contribution in [0.3, 0.4) is 0 Å². The van der Waals surface area contributed by atoms with Gasteiger partial charge in [-0.1, -0.05) is 13.8 Å². The topological polar surface area (TPSA) is 90.9 Å². The number of guanidine groups is 1. The molecule has 0 spiro atoms. The van der Waals surface area contributed by atoms with Crippen molar-refractivity contribution in [2.75, 3.05) is 38.2 Å². The number of nitrogens with zero attached hydrogens (tertiary/aromatic N) is 3. The zero-order valence-corrected chi connectivity index (χ0v) is 20.5. The van der Waals surface area contributed by atoms with E-state index in [1.165, 1.54) is 6.07 Å². The Morgan fingerprint density at radius 3 is 2.87 bits per heavy atom. The lowest BCUT2D eigenvalue weighted by Crippen LogP contribution is -2.50. The molecular weight excluding hydrogens is 502 g/mol. The van der Waals surface area contributed by atoms with Crippen LogP contribution in [0.15, 0.2) is 23.3 Å². The minimum absolute atomic E-state index is 0. The summed E-state index contributed by atoms with van der Waals surface area (Å²) in [4.78, 5) is 22.1. The van der Waals surface area contributed by atoms with E-state index in [9.17, 15) is 9.18 Å². The van der Waals surface area contributed by atoms with Gasteiger partial charge in [-0.05, 0) is 37.8 Å². The Hall–Kier alpha value is -1.85. The molecule has 2 rings (SSSR count). The number of aliphatic imine (C=N–C) groups is 1. The quantitative estimate of drug-likeness (QED) is 0.269. The largest absolute Gasteiger partial charge is 0.450 e. The number of aromatic nitrogens is 1. The van der Waals surface area contributed by atoms with E-state index in [0.29, 0.717) is 37.4 Å². The number of hydrogen-bond acceptors (Lipinski definition) is 5. The van der Waals surface area contributed by atoms with Gasteiger partial charge in [-0.25, -0.2) is 14.2 Å². The van der Waals surface area contributed by atoms with Crippen molar-refractivity contribution in [3.05, 3.63) is 24.1 Å². The van der Waals surface area contributed by atoms with E-state index in [4.69, 9.17) is 4.74 Å². The van der Waals surface area contributed by atoms with Gasteiger partial charge in [0.2, 0.25) is 0 Å². The second kappa shape index (κ2) is 13.5. The minimum Gasteiger partial charge on any atom is -0.450 e. The number of rotatable bonds is 8. The van der Waals surface area contributed by atoms with Crippen molar-refractivity contribution in [2.24, 2.45) is 10.9 Å². The van der Waals surface area contributed by atoms with Crippen molar-refractivity contribution >= 4 is 41.8 Å². The van der Waals surface area contributed by atoms with E-state index in [0.717, 1.165) is 19.4 Å². The number of nitrogens with one attached hydrogen (secondary N) is 3. The monoisotopic (exact) mass is 536 g/mol. The smallest absolute Gasteiger partial charge is 0.407 e. The Labute approximate surface area is 195 Å². The van der Waals surface area contributed by atoms with Gasteiger partial charge in [0, 0.05) is 45.0 Å². The highest BCUT2D eigenvalue weighted by Gasteiger charge is 2.26. The predicted molar refractivity (Wildman–Crippen MR) is 128 cm³/mol. The third-order valence-corrected chi connectivity index (χ3v) is 4.66. The normalized spacial score (nSPS) is 17.3. The molecule has 1 aromatic heterocycles. The molecule has 0 bridgehead atoms. The molecule has 0 saturated carbocycles. The molecule has 8 nitrogen and oxygen atoms in total. The van der Waals surface area contributed by atoms with Crippen LogP contribution in [0.2, 0.25) is 0 Å². The standard InChI is InChI=1S/C20H33FN6O2.HI/c1-5-29-20(28)26-16(11-14(2)3)12-24-19(22-4)25-15-8-10-27(13-15)18-17(21)7-6-9-23-18;/h6-7,9,14-16H,5,8,10-13H2,1-4H3,(H,26,28)(H2,22,24,25);1H. The number of ether oxygens (including phenoxy) is 1. The first kappa shape index (κ1) is 26.2. The van der Waals surface area contributed by atoms with Crippen LogP contribution >= 0.6 is 24.0 Å². The van der Waals surface area contributed by atoms with Gasteiger partial charge < -0.3 is 25.6 Å². The first-order valence-corrected chi connectivity index (χ1v) is 10.2. The van der Waals surface area contributed by atoms with Crippen LogP contribution in [-0.2, 0) is 4.74 Å². The Kier molecular flexibility index (Phi) is 11.7. The summed E-state index contributed by atoms with van der Waals surface area (Å²) in [6.45, 7) is 8.23. The summed E-state index contributed by atoms with van der Waals surface area (Å²) in [5.74, 6) is 1.15. The van der Waals surface area contributed by atoms with Gasteiger partial charge in [-0.2, -0.15) is 0 Å². The summed E-state index contributed by atoms with van der Waals surface area (Å²) in [6.07, 6.45) is 2.86. The van der Waals surface area contributed by atoms with Crippen LogP contribution in [0.25, 0.3) is 0 Å². The molecular formula is C20H34FIN6O2. The number of anilines is 1. The SMILES string of the molecule is CCOC(=O)NC(CNC(=NC)NC1CCN(c2ncccc2F)C1)CC(C)C.I. The maximum absolute atomic E-state index is 14.0. The fourth-order valence-corrected chi connectivity index (χ4v) is 3.39. The molecule has 30 heavy (non-hydrogen) atoms. The van der Waals surface area contributed by atoms with Crippen LogP contribution < -0.4 is 20.9 Å². The molecule has 3 N–H and O–H groups in total. The van der Waals surface area contributed by atoms with Crippen molar-refractivity contribution < 1.29 is 13.9 Å². The Bertz CT molecular complexity index is 691. The molecule has 1 saturated heterocycles. The highest BCUT2D eigenvalue weighted by atomic mass is 127. The van der Waals surface area contributed by atoms with Gasteiger partial charge in [0.1, 0.15) is 0 Å². The van der Waals surface area contributed by atoms with Crippen molar-refractivity contribution in [3.63, 3.8) is 0 Å². The van der Waals surface area contributed by atoms with E-state index >= 15 is 0 Å². The predicted octanol–water partition coefficient (Wildman–Crippen LogP) is 2.74. The molecule has 10 heteroatoms. The molecule has 1 amide bonds. The van der Waals surface area contributed by atoms with Gasteiger partial charge in [0.05, 0.1) is 6.61 Å². The molecule has 1 fully saturated rings. The van der Waals surface area contributed by atoms with Gasteiger partial charge in [0.15, 0.2) is 17.6 Å². The molecule has 0 radical (unpaired) electrons. The lowest BCUT2D eigenvalue weighted by molar-refractivity contribution is 0.146. The second-order valence-corrected chi connectivity index (χ2v) is 7.53. The molecule has 0 aliphatic carbocycles. The Morgan fingerprint density at radius 2 is 2.23 bits per heavy atom. The highest BCUT2D eigenvalue weighted by molar-refractivity contribution is 14.0. The summed E-state index contributed by atoms with van der Waals surface area (Å²) in [5.41, 5.74) is 0. The average Bonchev–Trinajstić information content (AvgIpc) is 3.13. The van der Waals surface area contributed by atoms with Gasteiger partial charge in [-0.3, -0.25) is 4.99 Å². The van der Waals surface area contributed by atoms with E-state index in [2.05, 4.69) is 39.8 Å². The van der Waals surface area contributed by atoms with Crippen molar-refractivity contribution in [1.29, 1.82) is 0 Å². The number of alkyl carbamates (subject to hydrolysis) is 1. The number of carbonyl (C=O) groups excluding carboxylic acids is 1. The molecule has 0 aromatic carbocycles. The zero-order valence-electron chi connectivity index (χ0n) is 18.2. The molecule has 170 valence electrons. The van der Waals surface area contributed by atoms with Crippen molar-refractivity contribution in [1.82, 2.24) is 20.9 Å². The fourth-order valence-electron chi connectivity index (χ4n) is 3.39. The summed E-state index contributed by atoms with van der Waals surface area (Å²) >= 11 is 0. The molecule has 1 aromatic rings. The Morgan fingerprint density at radius 1 is 1.47 bits per heavy atom. The molecule has 1 aliphatic rings.